The molecule has 2 aromatic rings. The van der Waals surface area contributed by atoms with E-state index in [0.717, 1.165) is 5.56 Å². The summed E-state index contributed by atoms with van der Waals surface area (Å²) in [4.78, 5) is 0. The second kappa shape index (κ2) is 7.09. The third kappa shape index (κ3) is 4.49. The van der Waals surface area contributed by atoms with Crippen molar-refractivity contribution < 1.29 is 9.84 Å². The predicted octanol–water partition coefficient (Wildman–Crippen LogP) is 3.33. The lowest BCUT2D eigenvalue weighted by Crippen LogP contribution is -2.23. The molecule has 1 N–H and O–H groups in total. The topological polar surface area (TPSA) is 47.3 Å². The number of rotatable bonds is 6. The lowest BCUT2D eigenvalue weighted by atomic mass is 10.1. The number of ether oxygens (including phenoxy) is 1. The lowest BCUT2D eigenvalue weighted by molar-refractivity contribution is -0.00993. The number of aliphatic hydroxyl groups excluding tert-OH is 1. The van der Waals surface area contributed by atoms with Crippen LogP contribution < -0.4 is 0 Å². The maximum atomic E-state index is 9.90. The van der Waals surface area contributed by atoms with Crippen molar-refractivity contribution in [2.24, 2.45) is 0 Å². The highest BCUT2D eigenvalue weighted by Crippen LogP contribution is 2.19. The fourth-order valence-electron chi connectivity index (χ4n) is 1.79. The summed E-state index contributed by atoms with van der Waals surface area (Å²) in [5.74, 6) is 0. The first-order valence-electron chi connectivity index (χ1n) is 6.27. The normalized spacial score (nSPS) is 14.2. The molecule has 4 nitrogen and oxygen atoms in total. The van der Waals surface area contributed by atoms with Gasteiger partial charge in [-0.05, 0) is 24.6 Å². The minimum absolute atomic E-state index is 0.108. The SMILES string of the molecule is CC(OCC(O)Cn1cc(Cl)cn1)c1ccc(Cl)cc1. The predicted molar refractivity (Wildman–Crippen MR) is 79.1 cm³/mol. The summed E-state index contributed by atoms with van der Waals surface area (Å²) in [6, 6.07) is 7.46. The highest BCUT2D eigenvalue weighted by molar-refractivity contribution is 6.30. The van der Waals surface area contributed by atoms with Crippen LogP contribution in [0.15, 0.2) is 36.7 Å². The van der Waals surface area contributed by atoms with Crippen LogP contribution in [0.5, 0.6) is 0 Å². The molecule has 108 valence electrons. The maximum Gasteiger partial charge on any atom is 0.0969 e. The van der Waals surface area contributed by atoms with Crippen LogP contribution in [0.1, 0.15) is 18.6 Å². The molecule has 0 amide bonds. The zero-order valence-electron chi connectivity index (χ0n) is 11.0. The third-order valence-corrected chi connectivity index (χ3v) is 3.32. The molecule has 1 heterocycles. The Balaban J connectivity index is 1.80. The fourth-order valence-corrected chi connectivity index (χ4v) is 2.07. The van der Waals surface area contributed by atoms with Crippen molar-refractivity contribution in [3.63, 3.8) is 0 Å². The first kappa shape index (κ1) is 15.3. The standard InChI is InChI=1S/C14H16Cl2N2O2/c1-10(11-2-4-12(15)5-3-11)20-9-14(19)8-18-7-13(16)6-17-18/h2-7,10,14,19H,8-9H2,1H3. The smallest absolute Gasteiger partial charge is 0.0969 e. The summed E-state index contributed by atoms with van der Waals surface area (Å²) in [5.41, 5.74) is 1.02. The van der Waals surface area contributed by atoms with Gasteiger partial charge in [-0.15, -0.1) is 0 Å². The first-order chi connectivity index (χ1) is 9.54. The number of aromatic nitrogens is 2. The molecule has 2 rings (SSSR count). The van der Waals surface area contributed by atoms with Crippen LogP contribution in [0.3, 0.4) is 0 Å². The zero-order valence-corrected chi connectivity index (χ0v) is 12.6. The van der Waals surface area contributed by atoms with Gasteiger partial charge in [0, 0.05) is 11.2 Å². The van der Waals surface area contributed by atoms with Gasteiger partial charge in [0.2, 0.25) is 0 Å². The van der Waals surface area contributed by atoms with Gasteiger partial charge in [0.05, 0.1) is 36.6 Å². The quantitative estimate of drug-likeness (QED) is 0.889. The van der Waals surface area contributed by atoms with E-state index in [4.69, 9.17) is 27.9 Å². The average Bonchev–Trinajstić information content (AvgIpc) is 2.82. The van der Waals surface area contributed by atoms with Crippen LogP contribution in [-0.4, -0.2) is 27.6 Å². The van der Waals surface area contributed by atoms with E-state index in [0.29, 0.717) is 16.6 Å². The minimum atomic E-state index is -0.638. The van der Waals surface area contributed by atoms with Crippen molar-refractivity contribution in [2.45, 2.75) is 25.7 Å². The van der Waals surface area contributed by atoms with Gasteiger partial charge in [-0.2, -0.15) is 5.10 Å². The van der Waals surface area contributed by atoms with E-state index in [1.165, 1.54) is 6.20 Å². The summed E-state index contributed by atoms with van der Waals surface area (Å²) in [6.45, 7) is 2.50. The number of aliphatic hydroxyl groups is 1. The van der Waals surface area contributed by atoms with E-state index in [2.05, 4.69) is 5.10 Å². The molecule has 0 radical (unpaired) electrons. The first-order valence-corrected chi connectivity index (χ1v) is 7.03. The van der Waals surface area contributed by atoms with Crippen LogP contribution >= 0.6 is 23.2 Å². The van der Waals surface area contributed by atoms with Crippen LogP contribution in [0.25, 0.3) is 0 Å². The second-order valence-electron chi connectivity index (χ2n) is 4.56. The molecule has 0 aliphatic heterocycles. The van der Waals surface area contributed by atoms with Gasteiger partial charge in [-0.3, -0.25) is 4.68 Å². The molecule has 0 fully saturated rings. The van der Waals surface area contributed by atoms with Gasteiger partial charge in [0.25, 0.3) is 0 Å². The van der Waals surface area contributed by atoms with Gasteiger partial charge in [0.1, 0.15) is 0 Å². The van der Waals surface area contributed by atoms with Gasteiger partial charge in [-0.1, -0.05) is 35.3 Å². The summed E-state index contributed by atoms with van der Waals surface area (Å²) < 4.78 is 7.23. The molecule has 0 saturated heterocycles. The van der Waals surface area contributed by atoms with E-state index < -0.39 is 6.10 Å². The molecule has 0 aliphatic carbocycles. The van der Waals surface area contributed by atoms with E-state index in [1.54, 1.807) is 10.9 Å². The Morgan fingerprint density at radius 2 is 1.95 bits per heavy atom. The molecule has 2 unspecified atom stereocenters. The number of hydrogen-bond donors (Lipinski definition) is 1. The number of nitrogens with zero attached hydrogens (tertiary/aromatic N) is 2. The Kier molecular flexibility index (Phi) is 5.43. The molecule has 6 heteroatoms. The Hall–Kier alpha value is -1.07. The van der Waals surface area contributed by atoms with Crippen molar-refractivity contribution in [1.29, 1.82) is 0 Å². The minimum Gasteiger partial charge on any atom is -0.389 e. The number of hydrogen-bond acceptors (Lipinski definition) is 3. The Labute approximate surface area is 127 Å². The van der Waals surface area contributed by atoms with Crippen molar-refractivity contribution >= 4 is 23.2 Å². The fraction of sp³-hybridized carbons (Fsp3) is 0.357. The summed E-state index contributed by atoms with van der Waals surface area (Å²) in [7, 11) is 0. The molecule has 1 aromatic heterocycles. The monoisotopic (exact) mass is 314 g/mol. The largest absolute Gasteiger partial charge is 0.389 e. The lowest BCUT2D eigenvalue weighted by Gasteiger charge is -2.17. The summed E-state index contributed by atoms with van der Waals surface area (Å²) >= 11 is 11.6. The molecule has 1 aromatic carbocycles. The molecule has 20 heavy (non-hydrogen) atoms. The van der Waals surface area contributed by atoms with Crippen LogP contribution in [0.4, 0.5) is 0 Å². The average molecular weight is 315 g/mol. The van der Waals surface area contributed by atoms with Crippen molar-refractivity contribution in [1.82, 2.24) is 9.78 Å². The Bertz CT molecular complexity index is 542. The third-order valence-electron chi connectivity index (χ3n) is 2.88. The van der Waals surface area contributed by atoms with E-state index in [1.807, 2.05) is 31.2 Å². The molecule has 0 bridgehead atoms. The van der Waals surface area contributed by atoms with E-state index in [-0.39, 0.29) is 12.7 Å². The Morgan fingerprint density at radius 3 is 2.55 bits per heavy atom. The van der Waals surface area contributed by atoms with Gasteiger partial charge < -0.3 is 9.84 Å². The molecule has 2 atom stereocenters. The number of halogens is 2. The van der Waals surface area contributed by atoms with Crippen LogP contribution in [-0.2, 0) is 11.3 Å². The van der Waals surface area contributed by atoms with Crippen molar-refractivity contribution in [3.8, 4) is 0 Å². The van der Waals surface area contributed by atoms with Crippen LogP contribution in [0.2, 0.25) is 10.0 Å². The van der Waals surface area contributed by atoms with Gasteiger partial charge >= 0.3 is 0 Å². The van der Waals surface area contributed by atoms with E-state index in [9.17, 15) is 5.11 Å². The van der Waals surface area contributed by atoms with Crippen molar-refractivity contribution in [2.75, 3.05) is 6.61 Å². The summed E-state index contributed by atoms with van der Waals surface area (Å²) in [5, 5.41) is 15.1. The van der Waals surface area contributed by atoms with Crippen molar-refractivity contribution in [3.05, 3.63) is 52.3 Å². The van der Waals surface area contributed by atoms with E-state index >= 15 is 0 Å². The second-order valence-corrected chi connectivity index (χ2v) is 5.43. The number of benzene rings is 1. The molecular weight excluding hydrogens is 299 g/mol. The molecule has 0 spiro atoms. The highest BCUT2D eigenvalue weighted by atomic mass is 35.5. The molecule has 0 aliphatic rings. The van der Waals surface area contributed by atoms with Crippen LogP contribution in [0, 0.1) is 0 Å². The highest BCUT2D eigenvalue weighted by Gasteiger charge is 2.11. The summed E-state index contributed by atoms with van der Waals surface area (Å²) in [6.07, 6.45) is 2.45. The molecule has 0 saturated carbocycles. The molecular formula is C14H16Cl2N2O2. The van der Waals surface area contributed by atoms with Gasteiger partial charge in [0.15, 0.2) is 0 Å². The van der Waals surface area contributed by atoms with Gasteiger partial charge in [-0.25, -0.2) is 0 Å². The zero-order chi connectivity index (χ0) is 14.5. The Morgan fingerprint density at radius 1 is 1.25 bits per heavy atom. The maximum absolute atomic E-state index is 9.90.